The zero-order valence-electron chi connectivity index (χ0n) is 11.7. The van der Waals surface area contributed by atoms with Gasteiger partial charge < -0.3 is 15.2 Å². The average molecular weight is 264 g/mol. The molecule has 0 radical (unpaired) electrons. The molecular formula is C14H20N2O3. The van der Waals surface area contributed by atoms with Crippen molar-refractivity contribution in [1.82, 2.24) is 0 Å². The van der Waals surface area contributed by atoms with Gasteiger partial charge in [-0.2, -0.15) is 0 Å². The number of nitrogens with one attached hydrogen (secondary N) is 1. The largest absolute Gasteiger partial charge is 0.479 e. The molecule has 0 bridgehead atoms. The van der Waals surface area contributed by atoms with E-state index in [2.05, 4.69) is 5.32 Å². The van der Waals surface area contributed by atoms with Gasteiger partial charge in [0.15, 0.2) is 6.10 Å². The fourth-order valence-electron chi connectivity index (χ4n) is 2.18. The second-order valence-corrected chi connectivity index (χ2v) is 5.34. The van der Waals surface area contributed by atoms with Crippen molar-refractivity contribution < 1.29 is 14.6 Å². The number of fused-ring (bicyclic) bond motifs is 1. The van der Waals surface area contributed by atoms with Crippen LogP contribution < -0.4 is 15.0 Å². The predicted molar refractivity (Wildman–Crippen MR) is 74.7 cm³/mol. The summed E-state index contributed by atoms with van der Waals surface area (Å²) in [6, 6.07) is 5.59. The van der Waals surface area contributed by atoms with Crippen molar-refractivity contribution in [3.63, 3.8) is 0 Å². The first-order valence-electron chi connectivity index (χ1n) is 6.34. The van der Waals surface area contributed by atoms with Gasteiger partial charge in [0, 0.05) is 12.7 Å². The number of aliphatic hydroxyl groups is 1. The Balaban J connectivity index is 2.57. The molecule has 1 amide bonds. The van der Waals surface area contributed by atoms with E-state index in [1.165, 1.54) is 0 Å². The molecule has 0 spiro atoms. The van der Waals surface area contributed by atoms with Gasteiger partial charge in [-0.25, -0.2) is 0 Å². The number of amides is 1. The van der Waals surface area contributed by atoms with Crippen LogP contribution in [0.25, 0.3) is 0 Å². The Morgan fingerprint density at radius 3 is 2.74 bits per heavy atom. The molecule has 0 fully saturated rings. The van der Waals surface area contributed by atoms with E-state index >= 15 is 0 Å². The van der Waals surface area contributed by atoms with Gasteiger partial charge in [0.05, 0.1) is 17.8 Å². The quantitative estimate of drug-likeness (QED) is 0.870. The molecule has 2 rings (SSSR count). The average Bonchev–Trinajstić information content (AvgIpc) is 2.39. The minimum absolute atomic E-state index is 0.116. The lowest BCUT2D eigenvalue weighted by molar-refractivity contribution is -0.127. The van der Waals surface area contributed by atoms with Gasteiger partial charge in [0.1, 0.15) is 5.75 Å². The Hall–Kier alpha value is -1.75. The normalized spacial score (nSPS) is 18.9. The minimum Gasteiger partial charge on any atom is -0.479 e. The molecule has 0 saturated heterocycles. The van der Waals surface area contributed by atoms with Crippen LogP contribution in [0.15, 0.2) is 18.2 Å². The summed E-state index contributed by atoms with van der Waals surface area (Å²) in [6.45, 7) is 5.27. The number of anilines is 2. The van der Waals surface area contributed by atoms with Crippen molar-refractivity contribution >= 4 is 17.3 Å². The summed E-state index contributed by atoms with van der Waals surface area (Å²) in [4.78, 5) is 14.0. The van der Waals surface area contributed by atoms with E-state index in [4.69, 9.17) is 4.74 Å². The van der Waals surface area contributed by atoms with Crippen LogP contribution in [-0.2, 0) is 4.79 Å². The third-order valence-corrected chi connectivity index (χ3v) is 3.35. The molecule has 5 heteroatoms. The van der Waals surface area contributed by atoms with Crippen LogP contribution in [0.3, 0.4) is 0 Å². The second-order valence-electron chi connectivity index (χ2n) is 5.34. The smallest absolute Gasteiger partial charge is 0.268 e. The Morgan fingerprint density at radius 1 is 1.47 bits per heavy atom. The van der Waals surface area contributed by atoms with E-state index in [1.54, 1.807) is 11.8 Å². The summed E-state index contributed by atoms with van der Waals surface area (Å²) in [5, 5.41) is 12.6. The Bertz CT molecular complexity index is 499. The van der Waals surface area contributed by atoms with E-state index in [1.807, 2.05) is 39.1 Å². The first kappa shape index (κ1) is 13.7. The van der Waals surface area contributed by atoms with Crippen molar-refractivity contribution in [2.45, 2.75) is 32.4 Å². The summed E-state index contributed by atoms with van der Waals surface area (Å²) < 4.78 is 5.61. The van der Waals surface area contributed by atoms with Crippen LogP contribution in [0.4, 0.5) is 11.4 Å². The molecule has 1 aromatic rings. The Labute approximate surface area is 113 Å². The van der Waals surface area contributed by atoms with Crippen LogP contribution in [0.1, 0.15) is 20.8 Å². The minimum atomic E-state index is -0.670. The number of ether oxygens (including phenoxy) is 1. The van der Waals surface area contributed by atoms with Gasteiger partial charge in [-0.05, 0) is 39.0 Å². The maximum atomic E-state index is 12.4. The monoisotopic (exact) mass is 264 g/mol. The first-order chi connectivity index (χ1) is 8.90. The SMILES string of the molecule is CNc1ccc2c(c1)N(C(C)(C)CO)C(=O)C(C)O2. The third-order valence-electron chi connectivity index (χ3n) is 3.35. The lowest BCUT2D eigenvalue weighted by Crippen LogP contribution is -2.56. The summed E-state index contributed by atoms with van der Waals surface area (Å²) in [7, 11) is 1.82. The molecule has 1 aromatic carbocycles. The second kappa shape index (κ2) is 4.74. The Morgan fingerprint density at radius 2 is 2.16 bits per heavy atom. The molecule has 1 heterocycles. The van der Waals surface area contributed by atoms with Gasteiger partial charge in [0.2, 0.25) is 0 Å². The maximum absolute atomic E-state index is 12.4. The zero-order valence-corrected chi connectivity index (χ0v) is 11.7. The van der Waals surface area contributed by atoms with Crippen LogP contribution in [0.5, 0.6) is 5.75 Å². The van der Waals surface area contributed by atoms with E-state index in [0.717, 1.165) is 5.69 Å². The molecule has 2 N–H and O–H groups in total. The van der Waals surface area contributed by atoms with Crippen LogP contribution in [0.2, 0.25) is 0 Å². The van der Waals surface area contributed by atoms with E-state index in [9.17, 15) is 9.90 Å². The molecule has 1 atom stereocenters. The Kier molecular flexibility index (Phi) is 3.41. The van der Waals surface area contributed by atoms with E-state index < -0.39 is 11.6 Å². The summed E-state index contributed by atoms with van der Waals surface area (Å²) in [6.07, 6.45) is -0.543. The number of rotatable bonds is 3. The van der Waals surface area contributed by atoms with Gasteiger partial charge in [-0.15, -0.1) is 0 Å². The molecule has 104 valence electrons. The number of hydrogen-bond donors (Lipinski definition) is 2. The molecular weight excluding hydrogens is 244 g/mol. The van der Waals surface area contributed by atoms with Crippen molar-refractivity contribution in [3.8, 4) is 5.75 Å². The van der Waals surface area contributed by atoms with Gasteiger partial charge in [0.25, 0.3) is 5.91 Å². The first-order valence-corrected chi connectivity index (χ1v) is 6.34. The van der Waals surface area contributed by atoms with Crippen LogP contribution >= 0.6 is 0 Å². The standard InChI is InChI=1S/C14H20N2O3/c1-9-13(18)16(14(2,3)8-17)11-7-10(15-4)5-6-12(11)19-9/h5-7,9,15,17H,8H2,1-4H3. The number of benzene rings is 1. The lowest BCUT2D eigenvalue weighted by atomic mass is 10.00. The molecule has 19 heavy (non-hydrogen) atoms. The molecule has 0 saturated carbocycles. The highest BCUT2D eigenvalue weighted by atomic mass is 16.5. The van der Waals surface area contributed by atoms with E-state index in [0.29, 0.717) is 11.4 Å². The predicted octanol–water partition coefficient (Wildman–Crippen LogP) is 1.61. The van der Waals surface area contributed by atoms with Crippen LogP contribution in [-0.4, -0.2) is 36.3 Å². The molecule has 0 aromatic heterocycles. The van der Waals surface area contributed by atoms with Gasteiger partial charge in [-0.3, -0.25) is 9.69 Å². The summed E-state index contributed by atoms with van der Waals surface area (Å²) in [5.41, 5.74) is 0.911. The highest BCUT2D eigenvalue weighted by Gasteiger charge is 2.40. The third kappa shape index (κ3) is 2.26. The van der Waals surface area contributed by atoms with Crippen molar-refractivity contribution in [2.24, 2.45) is 0 Å². The summed E-state index contributed by atoms with van der Waals surface area (Å²) in [5.74, 6) is 0.521. The number of aliphatic hydroxyl groups excluding tert-OH is 1. The zero-order chi connectivity index (χ0) is 14.2. The number of carbonyl (C=O) groups excluding carboxylic acids is 1. The summed E-state index contributed by atoms with van der Waals surface area (Å²) >= 11 is 0. The van der Waals surface area contributed by atoms with Crippen LogP contribution in [0, 0.1) is 0 Å². The molecule has 5 nitrogen and oxygen atoms in total. The number of nitrogens with zero attached hydrogens (tertiary/aromatic N) is 1. The van der Waals surface area contributed by atoms with Gasteiger partial charge in [-0.1, -0.05) is 0 Å². The molecule has 1 aliphatic rings. The topological polar surface area (TPSA) is 61.8 Å². The van der Waals surface area contributed by atoms with Crippen molar-refractivity contribution in [3.05, 3.63) is 18.2 Å². The fourth-order valence-corrected chi connectivity index (χ4v) is 2.18. The number of hydrogen-bond acceptors (Lipinski definition) is 4. The molecule has 0 aliphatic carbocycles. The maximum Gasteiger partial charge on any atom is 0.268 e. The highest BCUT2D eigenvalue weighted by Crippen LogP contribution is 2.39. The number of carbonyl (C=O) groups is 1. The van der Waals surface area contributed by atoms with Crippen molar-refractivity contribution in [1.29, 1.82) is 0 Å². The van der Waals surface area contributed by atoms with E-state index in [-0.39, 0.29) is 12.5 Å². The highest BCUT2D eigenvalue weighted by molar-refractivity contribution is 6.01. The lowest BCUT2D eigenvalue weighted by Gasteiger charge is -2.42. The van der Waals surface area contributed by atoms with Gasteiger partial charge >= 0.3 is 0 Å². The molecule has 1 aliphatic heterocycles. The fraction of sp³-hybridized carbons (Fsp3) is 0.500. The van der Waals surface area contributed by atoms with Crippen molar-refractivity contribution in [2.75, 3.05) is 23.9 Å². The molecule has 1 unspecified atom stereocenters.